The van der Waals surface area contributed by atoms with Gasteiger partial charge < -0.3 is 10.7 Å². The zero-order valence-electron chi connectivity index (χ0n) is 11.2. The fourth-order valence-corrected chi connectivity index (χ4v) is 2.07. The van der Waals surface area contributed by atoms with Crippen LogP contribution in [0.4, 0.5) is 0 Å². The second-order valence-corrected chi connectivity index (χ2v) is 5.52. The van der Waals surface area contributed by atoms with E-state index < -0.39 is 11.2 Å². The Morgan fingerprint density at radius 3 is 2.58 bits per heavy atom. The fraction of sp³-hybridized carbons (Fsp3) is 0.583. The minimum Gasteiger partial charge on any atom is -0.336 e. The van der Waals surface area contributed by atoms with Crippen molar-refractivity contribution in [2.75, 3.05) is 6.54 Å². The fourth-order valence-electron chi connectivity index (χ4n) is 2.07. The average molecular weight is 265 g/mol. The molecule has 104 valence electrons. The molecule has 0 radical (unpaired) electrons. The number of fused-ring (bicyclic) bond motifs is 1. The minimum absolute atomic E-state index is 0.132. The normalized spacial score (nSPS) is 12.2. The number of aromatic nitrogens is 4. The molecule has 2 rings (SSSR count). The van der Waals surface area contributed by atoms with Gasteiger partial charge in [0.15, 0.2) is 5.65 Å². The van der Waals surface area contributed by atoms with Crippen molar-refractivity contribution < 1.29 is 0 Å². The van der Waals surface area contributed by atoms with Gasteiger partial charge in [-0.3, -0.25) is 14.8 Å². The molecule has 5 N–H and O–H groups in total. The lowest BCUT2D eigenvalue weighted by Gasteiger charge is -2.22. The first-order valence-corrected chi connectivity index (χ1v) is 6.32. The molecule has 0 aromatic carbocycles. The van der Waals surface area contributed by atoms with Crippen molar-refractivity contribution in [3.63, 3.8) is 0 Å². The summed E-state index contributed by atoms with van der Waals surface area (Å²) in [5, 5.41) is 0. The van der Waals surface area contributed by atoms with Gasteiger partial charge in [-0.1, -0.05) is 13.8 Å². The van der Waals surface area contributed by atoms with Gasteiger partial charge in [-0.05, 0) is 24.8 Å². The van der Waals surface area contributed by atoms with E-state index in [0.717, 1.165) is 12.8 Å². The lowest BCUT2D eigenvalue weighted by molar-refractivity contribution is 0.311. The highest BCUT2D eigenvalue weighted by atomic mass is 16.2. The molecule has 0 bridgehead atoms. The quantitative estimate of drug-likeness (QED) is 0.619. The number of hydrogen-bond donors (Lipinski definition) is 4. The third kappa shape index (κ3) is 3.11. The number of hydrogen-bond acceptors (Lipinski definition) is 4. The molecule has 7 nitrogen and oxygen atoms in total. The van der Waals surface area contributed by atoms with Crippen LogP contribution in [0.1, 0.15) is 32.5 Å². The van der Waals surface area contributed by atoms with Gasteiger partial charge >= 0.3 is 5.69 Å². The number of rotatable bonds is 5. The molecule has 0 saturated heterocycles. The van der Waals surface area contributed by atoms with Crippen molar-refractivity contribution in [3.8, 4) is 0 Å². The highest BCUT2D eigenvalue weighted by molar-refractivity contribution is 5.68. The third-order valence-electron chi connectivity index (χ3n) is 3.30. The first-order chi connectivity index (χ1) is 8.91. The molecule has 7 heteroatoms. The van der Waals surface area contributed by atoms with Crippen LogP contribution in [0, 0.1) is 5.41 Å². The lowest BCUT2D eigenvalue weighted by atomic mass is 9.84. The number of nitrogens with zero attached hydrogens (tertiary/aromatic N) is 1. The van der Waals surface area contributed by atoms with Crippen LogP contribution in [-0.4, -0.2) is 26.5 Å². The van der Waals surface area contributed by atoms with Gasteiger partial charge in [-0.2, -0.15) is 0 Å². The molecule has 0 aliphatic heterocycles. The molecular weight excluding hydrogens is 246 g/mol. The van der Waals surface area contributed by atoms with Crippen LogP contribution in [0.2, 0.25) is 0 Å². The van der Waals surface area contributed by atoms with Crippen molar-refractivity contribution in [2.24, 2.45) is 11.1 Å². The average Bonchev–Trinajstić information content (AvgIpc) is 2.70. The topological polar surface area (TPSA) is 120 Å². The predicted molar refractivity (Wildman–Crippen MR) is 73.1 cm³/mol. The molecule has 0 unspecified atom stereocenters. The summed E-state index contributed by atoms with van der Waals surface area (Å²) in [6.07, 6.45) is 2.56. The molecule has 0 aliphatic rings. The standard InChI is InChI=1S/C12H19N5O2/c1-12(2,5-6-13)4-3-7-14-8-9(15-7)16-11(19)17-10(8)18/h3-6,13H2,1-2H3,(H3,14,15,16,17,18,19). The summed E-state index contributed by atoms with van der Waals surface area (Å²) in [4.78, 5) is 34.5. The smallest absolute Gasteiger partial charge is 0.327 e. The van der Waals surface area contributed by atoms with Gasteiger partial charge in [0.1, 0.15) is 11.3 Å². The maximum absolute atomic E-state index is 11.6. The summed E-state index contributed by atoms with van der Waals surface area (Å²) < 4.78 is 0. The Bertz CT molecular complexity index is 679. The zero-order valence-corrected chi connectivity index (χ0v) is 11.2. The Morgan fingerprint density at radius 1 is 1.16 bits per heavy atom. The van der Waals surface area contributed by atoms with Crippen LogP contribution in [0.5, 0.6) is 0 Å². The van der Waals surface area contributed by atoms with Crippen LogP contribution >= 0.6 is 0 Å². The molecule has 0 fully saturated rings. The van der Waals surface area contributed by atoms with E-state index in [1.54, 1.807) is 0 Å². The van der Waals surface area contributed by atoms with E-state index in [1.165, 1.54) is 0 Å². The summed E-state index contributed by atoms with van der Waals surface area (Å²) in [5.41, 5.74) is 5.33. The summed E-state index contributed by atoms with van der Waals surface area (Å²) in [5.74, 6) is 0.701. The summed E-state index contributed by atoms with van der Waals surface area (Å²) in [7, 11) is 0. The van der Waals surface area contributed by atoms with Crippen molar-refractivity contribution in [3.05, 3.63) is 26.7 Å². The highest BCUT2D eigenvalue weighted by Gasteiger charge is 2.18. The van der Waals surface area contributed by atoms with Crippen LogP contribution < -0.4 is 17.0 Å². The summed E-state index contributed by atoms with van der Waals surface area (Å²) >= 11 is 0. The van der Waals surface area contributed by atoms with E-state index in [9.17, 15) is 9.59 Å². The van der Waals surface area contributed by atoms with Crippen molar-refractivity contribution in [1.29, 1.82) is 0 Å². The molecule has 2 aromatic rings. The zero-order chi connectivity index (χ0) is 14.0. The van der Waals surface area contributed by atoms with E-state index in [0.29, 0.717) is 30.0 Å². The number of imidazole rings is 1. The van der Waals surface area contributed by atoms with Crippen molar-refractivity contribution in [2.45, 2.75) is 33.1 Å². The number of aryl methyl sites for hydroxylation is 1. The molecule has 0 spiro atoms. The van der Waals surface area contributed by atoms with E-state index in [4.69, 9.17) is 5.73 Å². The third-order valence-corrected chi connectivity index (χ3v) is 3.30. The molecule has 0 saturated carbocycles. The van der Waals surface area contributed by atoms with E-state index in [1.807, 2.05) is 0 Å². The second-order valence-electron chi connectivity index (χ2n) is 5.52. The Hall–Kier alpha value is -1.89. The molecule has 2 aromatic heterocycles. The molecule has 0 amide bonds. The summed E-state index contributed by atoms with van der Waals surface area (Å²) in [6.45, 7) is 4.95. The Kier molecular flexibility index (Phi) is 3.57. The van der Waals surface area contributed by atoms with Gasteiger partial charge in [-0.15, -0.1) is 0 Å². The number of nitrogens with two attached hydrogens (primary N) is 1. The van der Waals surface area contributed by atoms with Crippen LogP contribution in [-0.2, 0) is 6.42 Å². The highest BCUT2D eigenvalue weighted by Crippen LogP contribution is 2.25. The first-order valence-electron chi connectivity index (χ1n) is 6.32. The summed E-state index contributed by atoms with van der Waals surface area (Å²) in [6, 6.07) is 0. The van der Waals surface area contributed by atoms with Gasteiger partial charge in [-0.25, -0.2) is 9.78 Å². The Morgan fingerprint density at radius 2 is 1.89 bits per heavy atom. The van der Waals surface area contributed by atoms with E-state index in [-0.39, 0.29) is 5.41 Å². The van der Waals surface area contributed by atoms with Crippen LogP contribution in [0.25, 0.3) is 11.2 Å². The second kappa shape index (κ2) is 5.00. The van der Waals surface area contributed by atoms with Crippen molar-refractivity contribution in [1.82, 2.24) is 19.9 Å². The van der Waals surface area contributed by atoms with E-state index in [2.05, 4.69) is 33.8 Å². The van der Waals surface area contributed by atoms with Gasteiger partial charge in [0.05, 0.1) is 0 Å². The SMILES string of the molecule is CC(C)(CCN)CCc1nc2[nH]c(=O)[nH]c(=O)c2[nH]1. The molecule has 0 atom stereocenters. The van der Waals surface area contributed by atoms with Crippen LogP contribution in [0.3, 0.4) is 0 Å². The molecule has 2 heterocycles. The largest absolute Gasteiger partial charge is 0.336 e. The first kappa shape index (κ1) is 13.5. The Labute approximate surface area is 109 Å². The predicted octanol–water partition coefficient (Wildman–Crippen LogP) is 0.247. The molecule has 0 aliphatic carbocycles. The molecule has 19 heavy (non-hydrogen) atoms. The Balaban J connectivity index is 2.21. The van der Waals surface area contributed by atoms with Crippen LogP contribution in [0.15, 0.2) is 9.59 Å². The molecular formula is C12H19N5O2. The maximum Gasteiger partial charge on any atom is 0.327 e. The monoisotopic (exact) mass is 265 g/mol. The van der Waals surface area contributed by atoms with Gasteiger partial charge in [0, 0.05) is 6.42 Å². The minimum atomic E-state index is -0.543. The van der Waals surface area contributed by atoms with Crippen molar-refractivity contribution >= 4 is 11.2 Å². The van der Waals surface area contributed by atoms with E-state index >= 15 is 0 Å². The van der Waals surface area contributed by atoms with Gasteiger partial charge in [0.2, 0.25) is 0 Å². The maximum atomic E-state index is 11.6. The number of aromatic amines is 3. The van der Waals surface area contributed by atoms with Gasteiger partial charge in [0.25, 0.3) is 5.56 Å². The number of H-pyrrole nitrogens is 3. The lowest BCUT2D eigenvalue weighted by Crippen LogP contribution is -2.21. The number of nitrogens with one attached hydrogen (secondary N) is 3.